The zero-order valence-corrected chi connectivity index (χ0v) is 18.5. The van der Waals surface area contributed by atoms with Crippen LogP contribution in [0, 0.1) is 22.6 Å². The van der Waals surface area contributed by atoms with Gasteiger partial charge in [0.25, 0.3) is 0 Å². The topological polar surface area (TPSA) is 131 Å². The molecular formula is C22H27BFN7O2. The van der Waals surface area contributed by atoms with Crippen LogP contribution in [0.3, 0.4) is 0 Å². The summed E-state index contributed by atoms with van der Waals surface area (Å²) in [5.74, 6) is 0.769. The van der Waals surface area contributed by atoms with E-state index in [-0.39, 0.29) is 31.3 Å². The van der Waals surface area contributed by atoms with Gasteiger partial charge in [-0.3, -0.25) is 0 Å². The molecule has 1 aromatic carbocycles. The standard InChI is InChI=1S/C22H27BFN7O2/c1-30(9-16-4-2-15(8-25)3-5-16)21-19(24)20(28-14-29-21)27-13-22(12-23)6-7-31(10-17(22)32)11-18(26)33/h2-5,12,14,17,23,32H,6-7,9-11,13H2,1H3,(H2,26,33)(H,27,28,29)/t17-,22+/m1/s1. The number of hydrogen-bond donors (Lipinski definition) is 3. The maximum absolute atomic E-state index is 15.2. The van der Waals surface area contributed by atoms with Crippen LogP contribution in [0.2, 0.25) is 0 Å². The van der Waals surface area contributed by atoms with Gasteiger partial charge in [0.2, 0.25) is 0 Å². The summed E-state index contributed by atoms with van der Waals surface area (Å²) in [7, 11) is 5.59. The van der Waals surface area contributed by atoms with Crippen molar-refractivity contribution < 1.29 is 14.3 Å². The van der Waals surface area contributed by atoms with E-state index in [1.807, 2.05) is 12.1 Å². The molecule has 0 saturated carbocycles. The van der Waals surface area contributed by atoms with Crippen molar-refractivity contribution in [1.29, 1.82) is 5.26 Å². The SMILES string of the molecule is B=C[C@]1(CNc2ncnc(N(C)Cc3ccc(C#N)cc3)c2F)CCN(CC(N)=O)C[C@H]1O. The number of aromatic nitrogens is 2. The summed E-state index contributed by atoms with van der Waals surface area (Å²) >= 11 is 0. The minimum absolute atomic E-state index is 0.0275. The maximum atomic E-state index is 15.2. The molecule has 11 heteroatoms. The van der Waals surface area contributed by atoms with Crippen molar-refractivity contribution in [2.45, 2.75) is 19.1 Å². The summed E-state index contributed by atoms with van der Waals surface area (Å²) in [4.78, 5) is 22.7. The number of hydrogen-bond acceptors (Lipinski definition) is 8. The van der Waals surface area contributed by atoms with Crippen molar-refractivity contribution in [1.82, 2.24) is 14.9 Å². The number of anilines is 2. The molecule has 2 aromatic rings. The van der Waals surface area contributed by atoms with E-state index in [2.05, 4.69) is 28.8 Å². The van der Waals surface area contributed by atoms with Gasteiger partial charge < -0.3 is 0 Å². The van der Waals surface area contributed by atoms with E-state index in [0.717, 1.165) is 5.56 Å². The number of carbonyl (C=O) groups excluding carboxylic acids is 1. The first-order valence-electron chi connectivity index (χ1n) is 10.5. The number of piperidine rings is 1. The average molecular weight is 451 g/mol. The number of nitrogens with zero attached hydrogens (tertiary/aromatic N) is 5. The van der Waals surface area contributed by atoms with Crippen LogP contribution < -0.4 is 16.0 Å². The summed E-state index contributed by atoms with van der Waals surface area (Å²) in [5.41, 5.74) is 6.00. The van der Waals surface area contributed by atoms with Gasteiger partial charge in [0, 0.05) is 0 Å². The number of aliphatic hydroxyl groups excluding tert-OH is 1. The number of amides is 1. The summed E-state index contributed by atoms with van der Waals surface area (Å²) in [6.45, 7) is 1.51. The molecule has 1 amide bonds. The zero-order valence-electron chi connectivity index (χ0n) is 18.5. The Morgan fingerprint density at radius 2 is 2.21 bits per heavy atom. The Balaban J connectivity index is 1.69. The van der Waals surface area contributed by atoms with Crippen LogP contribution in [0.25, 0.3) is 0 Å². The molecule has 9 nitrogen and oxygen atoms in total. The van der Waals surface area contributed by atoms with Crippen LogP contribution in [0.1, 0.15) is 17.5 Å². The van der Waals surface area contributed by atoms with Crippen LogP contribution in [-0.2, 0) is 11.3 Å². The van der Waals surface area contributed by atoms with Gasteiger partial charge in [-0.1, -0.05) is 0 Å². The molecule has 2 atom stereocenters. The monoisotopic (exact) mass is 451 g/mol. The predicted octanol–water partition coefficient (Wildman–Crippen LogP) is -0.223. The van der Waals surface area contributed by atoms with Crippen LogP contribution in [-0.4, -0.2) is 78.7 Å². The fraction of sp³-hybridized carbons (Fsp3) is 0.409. The van der Waals surface area contributed by atoms with Crippen LogP contribution >= 0.6 is 0 Å². The minimum atomic E-state index is -0.806. The molecule has 3 rings (SSSR count). The van der Waals surface area contributed by atoms with Crippen molar-refractivity contribution >= 4 is 31.0 Å². The van der Waals surface area contributed by atoms with E-state index in [4.69, 9.17) is 11.0 Å². The molecule has 172 valence electrons. The molecule has 1 aliphatic heterocycles. The van der Waals surface area contributed by atoms with Gasteiger partial charge in [-0.15, -0.1) is 0 Å². The molecule has 4 N–H and O–H groups in total. The number of benzene rings is 1. The Hall–Kier alpha value is -3.36. The van der Waals surface area contributed by atoms with Crippen molar-refractivity contribution in [3.05, 3.63) is 47.5 Å². The number of likely N-dealkylation sites (tertiary alicyclic amines) is 1. The van der Waals surface area contributed by atoms with Gasteiger partial charge in [-0.05, 0) is 0 Å². The molecule has 1 aromatic heterocycles. The summed E-state index contributed by atoms with van der Waals surface area (Å²) < 4.78 is 15.2. The number of nitrogens with one attached hydrogen (secondary N) is 1. The molecule has 0 spiro atoms. The summed E-state index contributed by atoms with van der Waals surface area (Å²) in [5, 5.41) is 22.7. The number of halogens is 1. The quantitative estimate of drug-likeness (QED) is 0.446. The Kier molecular flexibility index (Phi) is 7.73. The van der Waals surface area contributed by atoms with E-state index in [9.17, 15) is 9.90 Å². The molecule has 33 heavy (non-hydrogen) atoms. The Labute approximate surface area is 193 Å². The number of primary amides is 1. The summed E-state index contributed by atoms with van der Waals surface area (Å²) in [6.07, 6.45) is 0.998. The first-order valence-corrected chi connectivity index (χ1v) is 10.5. The fourth-order valence-corrected chi connectivity index (χ4v) is 3.96. The van der Waals surface area contributed by atoms with Crippen LogP contribution in [0.4, 0.5) is 16.0 Å². The van der Waals surface area contributed by atoms with Crippen molar-refractivity contribution in [3.63, 3.8) is 0 Å². The van der Waals surface area contributed by atoms with Gasteiger partial charge in [0.05, 0.1) is 11.6 Å². The number of β-amino-alcohol motifs (C(OH)–C–C–N with tert-alkyl or cyclic N) is 1. The molecule has 0 aliphatic carbocycles. The number of nitriles is 1. The third-order valence-electron chi connectivity index (χ3n) is 5.99. The first-order chi connectivity index (χ1) is 15.8. The molecule has 1 aliphatic rings. The molecular weight excluding hydrogens is 424 g/mol. The van der Waals surface area contributed by atoms with E-state index in [1.54, 1.807) is 34.9 Å². The van der Waals surface area contributed by atoms with Crippen molar-refractivity contribution in [3.8, 4) is 6.07 Å². The van der Waals surface area contributed by atoms with Crippen LogP contribution in [0.5, 0.6) is 0 Å². The predicted molar refractivity (Wildman–Crippen MR) is 126 cm³/mol. The second-order valence-corrected chi connectivity index (χ2v) is 8.28. The zero-order chi connectivity index (χ0) is 24.0. The van der Waals surface area contributed by atoms with Gasteiger partial charge in [0.1, 0.15) is 0 Å². The Morgan fingerprint density at radius 3 is 2.82 bits per heavy atom. The third kappa shape index (κ3) is 5.72. The average Bonchev–Trinajstić information content (AvgIpc) is 2.80. The van der Waals surface area contributed by atoms with Crippen molar-refractivity contribution in [2.75, 3.05) is 43.4 Å². The number of aliphatic hydroxyl groups is 1. The van der Waals surface area contributed by atoms with Gasteiger partial charge in [-0.2, -0.15) is 5.26 Å². The van der Waals surface area contributed by atoms with E-state index in [0.29, 0.717) is 25.1 Å². The molecule has 0 unspecified atom stereocenters. The van der Waals surface area contributed by atoms with Crippen molar-refractivity contribution in [2.24, 2.45) is 11.1 Å². The van der Waals surface area contributed by atoms with E-state index < -0.39 is 23.2 Å². The molecule has 2 heterocycles. The van der Waals surface area contributed by atoms with Gasteiger partial charge in [0.15, 0.2) is 0 Å². The second-order valence-electron chi connectivity index (χ2n) is 8.28. The number of rotatable bonds is 9. The Bertz CT molecular complexity index is 1050. The first kappa shape index (κ1) is 24.3. The molecule has 0 bridgehead atoms. The molecule has 1 saturated heterocycles. The van der Waals surface area contributed by atoms with E-state index >= 15 is 4.39 Å². The van der Waals surface area contributed by atoms with E-state index in [1.165, 1.54) is 6.33 Å². The van der Waals surface area contributed by atoms with Gasteiger partial charge in [-0.25, -0.2) is 0 Å². The second kappa shape index (κ2) is 10.5. The third-order valence-corrected chi connectivity index (χ3v) is 5.99. The van der Waals surface area contributed by atoms with Gasteiger partial charge >= 0.3 is 176 Å². The molecule has 1 fully saturated rings. The fourth-order valence-electron chi connectivity index (χ4n) is 3.96. The number of nitrogens with two attached hydrogens (primary N) is 1. The summed E-state index contributed by atoms with van der Waals surface area (Å²) in [6, 6.07) is 9.11. The normalized spacial score (nSPS) is 20.6. The molecule has 0 radical (unpaired) electrons. The Morgan fingerprint density at radius 1 is 1.48 bits per heavy atom. The number of carbonyl (C=O) groups is 1. The van der Waals surface area contributed by atoms with Crippen LogP contribution in [0.15, 0.2) is 30.6 Å².